The van der Waals surface area contributed by atoms with Crippen LogP contribution < -0.4 is 10.6 Å². The Bertz CT molecular complexity index is 767. The molecule has 32 heavy (non-hydrogen) atoms. The fourth-order valence-corrected chi connectivity index (χ4v) is 3.71. The van der Waals surface area contributed by atoms with Crippen LogP contribution in [0.4, 0.5) is 4.79 Å². The number of carbonyl (C=O) groups is 1. The van der Waals surface area contributed by atoms with E-state index < -0.39 is 5.60 Å². The van der Waals surface area contributed by atoms with Crippen LogP contribution in [0, 0.1) is 0 Å². The highest BCUT2D eigenvalue weighted by Gasteiger charge is 2.34. The normalized spacial score (nSPS) is 17.7. The van der Waals surface area contributed by atoms with E-state index in [4.69, 9.17) is 9.47 Å². The zero-order chi connectivity index (χ0) is 23.0. The van der Waals surface area contributed by atoms with Crippen LogP contribution in [0.25, 0.3) is 0 Å². The predicted molar refractivity (Wildman–Crippen MR) is 127 cm³/mol. The average molecular weight is 446 g/mol. The summed E-state index contributed by atoms with van der Waals surface area (Å²) in [6.45, 7) is 12.1. The van der Waals surface area contributed by atoms with Gasteiger partial charge in [0.05, 0.1) is 13.2 Å². The molecule has 1 aliphatic heterocycles. The molecule has 1 heterocycles. The van der Waals surface area contributed by atoms with E-state index in [1.807, 2.05) is 25.7 Å². The molecule has 0 bridgehead atoms. The minimum atomic E-state index is -0.482. The first kappa shape index (κ1) is 24.3. The lowest BCUT2D eigenvalue weighted by Gasteiger charge is -2.28. The molecule has 0 atom stereocenters. The quantitative estimate of drug-likeness (QED) is 0.473. The molecule has 1 amide bonds. The molecule has 2 aliphatic rings. The van der Waals surface area contributed by atoms with Crippen LogP contribution in [0.5, 0.6) is 0 Å². The Hall–Kier alpha value is -2.32. The van der Waals surface area contributed by atoms with E-state index in [9.17, 15) is 4.79 Å². The second-order valence-electron chi connectivity index (χ2n) is 9.41. The molecule has 0 radical (unpaired) electrons. The summed E-state index contributed by atoms with van der Waals surface area (Å²) in [5, 5.41) is 6.74. The van der Waals surface area contributed by atoms with Gasteiger partial charge >= 0.3 is 6.09 Å². The van der Waals surface area contributed by atoms with Gasteiger partial charge in [-0.1, -0.05) is 24.3 Å². The van der Waals surface area contributed by atoms with Gasteiger partial charge in [0.2, 0.25) is 0 Å². The lowest BCUT2D eigenvalue weighted by Crippen LogP contribution is -2.45. The number of guanidine groups is 1. The molecule has 0 unspecified atom stereocenters. The van der Waals surface area contributed by atoms with Gasteiger partial charge in [0.15, 0.2) is 5.96 Å². The van der Waals surface area contributed by atoms with Crippen molar-refractivity contribution < 1.29 is 14.3 Å². The zero-order valence-corrected chi connectivity index (χ0v) is 20.0. The first-order valence-electron chi connectivity index (χ1n) is 11.7. The van der Waals surface area contributed by atoms with E-state index in [1.54, 1.807) is 7.05 Å². The van der Waals surface area contributed by atoms with Crippen molar-refractivity contribution in [3.8, 4) is 0 Å². The Balaban J connectivity index is 1.47. The number of aliphatic imine (C=N–C) groups is 1. The van der Waals surface area contributed by atoms with Crippen molar-refractivity contribution in [2.24, 2.45) is 4.99 Å². The van der Waals surface area contributed by atoms with Gasteiger partial charge in [-0.05, 0) is 44.7 Å². The summed E-state index contributed by atoms with van der Waals surface area (Å²) in [7, 11) is 1.77. The molecule has 3 rings (SSSR count). The second kappa shape index (κ2) is 11.5. The van der Waals surface area contributed by atoms with Crippen molar-refractivity contribution in [1.29, 1.82) is 0 Å². The first-order valence-corrected chi connectivity index (χ1v) is 11.7. The van der Waals surface area contributed by atoms with Gasteiger partial charge in [-0.2, -0.15) is 0 Å². The Morgan fingerprint density at radius 1 is 1.19 bits per heavy atom. The summed E-state index contributed by atoms with van der Waals surface area (Å²) in [5.74, 6) is 0.728. The van der Waals surface area contributed by atoms with E-state index in [2.05, 4.69) is 44.8 Å². The Labute approximate surface area is 192 Å². The van der Waals surface area contributed by atoms with Crippen LogP contribution in [0.1, 0.15) is 44.7 Å². The lowest BCUT2D eigenvalue weighted by molar-refractivity contribution is 0.0237. The number of carbonyl (C=O) groups excluding carboxylic acids is 1. The number of nitrogens with one attached hydrogen (secondary N) is 2. The molecule has 1 saturated heterocycles. The molecule has 1 saturated carbocycles. The van der Waals surface area contributed by atoms with Crippen LogP contribution in [-0.4, -0.2) is 79.9 Å². The van der Waals surface area contributed by atoms with Crippen molar-refractivity contribution in [1.82, 2.24) is 20.4 Å². The molecule has 8 nitrogen and oxygen atoms in total. The third-order valence-electron chi connectivity index (χ3n) is 5.55. The highest BCUT2D eigenvalue weighted by molar-refractivity contribution is 5.79. The van der Waals surface area contributed by atoms with Crippen molar-refractivity contribution in [2.75, 3.05) is 46.4 Å². The maximum absolute atomic E-state index is 12.5. The molecule has 0 spiro atoms. The molecule has 2 N–H and O–H groups in total. The SMILES string of the molecule is CN=C(NCCN(C(=O)OC(C)(C)C)C1CC1)NCc1ccccc1CN1CCOCC1. The highest BCUT2D eigenvalue weighted by Crippen LogP contribution is 2.28. The number of ether oxygens (including phenoxy) is 2. The van der Waals surface area contributed by atoms with Crippen molar-refractivity contribution in [2.45, 2.75) is 58.3 Å². The summed E-state index contributed by atoms with van der Waals surface area (Å²) in [4.78, 5) is 21.1. The van der Waals surface area contributed by atoms with E-state index in [0.717, 1.165) is 51.6 Å². The number of rotatable bonds is 8. The fourth-order valence-electron chi connectivity index (χ4n) is 3.71. The summed E-state index contributed by atoms with van der Waals surface area (Å²) >= 11 is 0. The Kier molecular flexibility index (Phi) is 8.75. The van der Waals surface area contributed by atoms with Crippen LogP contribution in [0.15, 0.2) is 29.3 Å². The summed E-state index contributed by atoms with van der Waals surface area (Å²) in [6, 6.07) is 8.82. The predicted octanol–water partition coefficient (Wildman–Crippen LogP) is 2.58. The lowest BCUT2D eigenvalue weighted by atomic mass is 10.1. The monoisotopic (exact) mass is 445 g/mol. The third kappa shape index (κ3) is 7.98. The molecule has 178 valence electrons. The first-order chi connectivity index (χ1) is 15.4. The third-order valence-corrected chi connectivity index (χ3v) is 5.55. The molecule has 0 aromatic heterocycles. The minimum absolute atomic E-state index is 0.234. The zero-order valence-electron chi connectivity index (χ0n) is 20.0. The smallest absolute Gasteiger partial charge is 0.410 e. The minimum Gasteiger partial charge on any atom is -0.444 e. The standard InChI is InChI=1S/C24H39N5O3/c1-24(2,3)32-23(30)29(21-9-10-21)12-11-26-22(25-4)27-17-19-7-5-6-8-20(19)18-28-13-15-31-16-14-28/h5-8,21H,9-18H2,1-4H3,(H2,25,26,27). The highest BCUT2D eigenvalue weighted by atomic mass is 16.6. The number of amides is 1. The van der Waals surface area contributed by atoms with E-state index in [1.165, 1.54) is 11.1 Å². The van der Waals surface area contributed by atoms with Crippen molar-refractivity contribution in [3.05, 3.63) is 35.4 Å². The van der Waals surface area contributed by atoms with Crippen LogP contribution in [-0.2, 0) is 22.6 Å². The van der Waals surface area contributed by atoms with Crippen LogP contribution >= 0.6 is 0 Å². The van der Waals surface area contributed by atoms with Gasteiger partial charge in [-0.3, -0.25) is 9.89 Å². The molecular formula is C24H39N5O3. The fraction of sp³-hybridized carbons (Fsp3) is 0.667. The van der Waals surface area contributed by atoms with Gasteiger partial charge in [-0.25, -0.2) is 4.79 Å². The second-order valence-corrected chi connectivity index (χ2v) is 9.41. The number of morpholine rings is 1. The summed E-state index contributed by atoms with van der Waals surface area (Å²) < 4.78 is 11.0. The van der Waals surface area contributed by atoms with Crippen LogP contribution in [0.2, 0.25) is 0 Å². The maximum atomic E-state index is 12.5. The number of benzene rings is 1. The van der Waals surface area contributed by atoms with Gasteiger partial charge < -0.3 is 25.0 Å². The van der Waals surface area contributed by atoms with Crippen LogP contribution in [0.3, 0.4) is 0 Å². The van der Waals surface area contributed by atoms with Crippen molar-refractivity contribution in [3.63, 3.8) is 0 Å². The maximum Gasteiger partial charge on any atom is 0.410 e. The number of hydrogen-bond donors (Lipinski definition) is 2. The molecule has 2 fully saturated rings. The molecule has 1 aliphatic carbocycles. The largest absolute Gasteiger partial charge is 0.444 e. The summed E-state index contributed by atoms with van der Waals surface area (Å²) in [5.41, 5.74) is 2.10. The molecule has 8 heteroatoms. The van der Waals surface area contributed by atoms with Gasteiger partial charge in [0.1, 0.15) is 5.60 Å². The van der Waals surface area contributed by atoms with E-state index in [-0.39, 0.29) is 6.09 Å². The molecule has 1 aromatic carbocycles. The Morgan fingerprint density at radius 3 is 2.50 bits per heavy atom. The van der Waals surface area contributed by atoms with Gasteiger partial charge in [0.25, 0.3) is 0 Å². The Morgan fingerprint density at radius 2 is 1.88 bits per heavy atom. The van der Waals surface area contributed by atoms with Gasteiger partial charge in [-0.15, -0.1) is 0 Å². The van der Waals surface area contributed by atoms with Gasteiger partial charge in [0, 0.05) is 52.4 Å². The topological polar surface area (TPSA) is 78.4 Å². The van der Waals surface area contributed by atoms with Crippen molar-refractivity contribution >= 4 is 12.1 Å². The number of nitrogens with zero attached hydrogens (tertiary/aromatic N) is 3. The van der Waals surface area contributed by atoms with E-state index in [0.29, 0.717) is 25.7 Å². The molecule has 1 aromatic rings. The molecular weight excluding hydrogens is 406 g/mol. The summed E-state index contributed by atoms with van der Waals surface area (Å²) in [6.07, 6.45) is 1.86. The number of hydrogen-bond acceptors (Lipinski definition) is 5. The average Bonchev–Trinajstić information content (AvgIpc) is 3.59. The van der Waals surface area contributed by atoms with E-state index >= 15 is 0 Å².